The molecule has 0 atom stereocenters. The number of aromatic nitrogens is 3. The molecule has 0 bridgehead atoms. The first-order valence-corrected chi connectivity index (χ1v) is 6.30. The summed E-state index contributed by atoms with van der Waals surface area (Å²) in [6.07, 6.45) is 1.37. The van der Waals surface area contributed by atoms with Crippen LogP contribution in [-0.4, -0.2) is 27.4 Å². The number of benzene rings is 1. The Bertz CT molecular complexity index is 600. The van der Waals surface area contributed by atoms with Crippen molar-refractivity contribution in [3.63, 3.8) is 0 Å². The van der Waals surface area contributed by atoms with Crippen molar-refractivity contribution < 1.29 is 13.6 Å². The van der Waals surface area contributed by atoms with E-state index in [0.29, 0.717) is 5.69 Å². The maximum absolute atomic E-state index is 14.0. The Labute approximate surface area is 119 Å². The lowest BCUT2D eigenvalue weighted by molar-refractivity contribution is -0.119. The molecule has 0 unspecified atom stereocenters. The van der Waals surface area contributed by atoms with Crippen molar-refractivity contribution in [1.29, 1.82) is 0 Å². The second-order valence-electron chi connectivity index (χ2n) is 4.46. The molecule has 1 aromatic heterocycles. The van der Waals surface area contributed by atoms with Crippen LogP contribution in [0, 0.1) is 0 Å². The molecule has 6 nitrogen and oxygen atoms in total. The minimum atomic E-state index is -3.05. The molecule has 3 N–H and O–H groups in total. The largest absolute Gasteiger partial charge is 0.349 e. The normalized spacial score (nSPS) is 11.4. The molecule has 0 saturated heterocycles. The second-order valence-corrected chi connectivity index (χ2v) is 4.46. The number of nitrogens with two attached hydrogens (primary N) is 1. The summed E-state index contributed by atoms with van der Waals surface area (Å²) in [6.45, 7) is -0.651. The highest BCUT2D eigenvalue weighted by Crippen LogP contribution is 2.29. The maximum atomic E-state index is 14.0. The van der Waals surface area contributed by atoms with Crippen molar-refractivity contribution in [2.75, 3.05) is 6.54 Å². The average molecular weight is 295 g/mol. The fourth-order valence-electron chi connectivity index (χ4n) is 1.73. The van der Waals surface area contributed by atoms with Crippen molar-refractivity contribution >= 4 is 5.91 Å². The van der Waals surface area contributed by atoms with Gasteiger partial charge < -0.3 is 11.1 Å². The maximum Gasteiger partial charge on any atom is 0.292 e. The van der Waals surface area contributed by atoms with Gasteiger partial charge in [-0.25, -0.2) is 4.68 Å². The van der Waals surface area contributed by atoms with Crippen LogP contribution < -0.4 is 11.1 Å². The molecule has 0 spiro atoms. The molecule has 0 saturated carbocycles. The van der Waals surface area contributed by atoms with Gasteiger partial charge in [0.15, 0.2) is 0 Å². The molecular formula is C13H15F2N5O. The van der Waals surface area contributed by atoms with E-state index < -0.39 is 12.5 Å². The summed E-state index contributed by atoms with van der Waals surface area (Å²) in [5.74, 6) is -3.40. The van der Waals surface area contributed by atoms with Crippen molar-refractivity contribution in [2.24, 2.45) is 5.73 Å². The average Bonchev–Trinajstić information content (AvgIpc) is 2.92. The summed E-state index contributed by atoms with van der Waals surface area (Å²) >= 11 is 0. The van der Waals surface area contributed by atoms with Gasteiger partial charge in [-0.15, -0.1) is 5.10 Å². The van der Waals surface area contributed by atoms with Gasteiger partial charge in [-0.2, -0.15) is 8.78 Å². The van der Waals surface area contributed by atoms with Crippen molar-refractivity contribution in [2.45, 2.75) is 19.0 Å². The third kappa shape index (κ3) is 4.06. The molecule has 1 amide bonds. The first-order chi connectivity index (χ1) is 10.0. The lowest BCUT2D eigenvalue weighted by atomic mass is 10.1. The van der Waals surface area contributed by atoms with Crippen LogP contribution in [0.4, 0.5) is 8.78 Å². The van der Waals surface area contributed by atoms with Gasteiger partial charge in [0.1, 0.15) is 12.2 Å². The van der Waals surface area contributed by atoms with Gasteiger partial charge >= 0.3 is 0 Å². The van der Waals surface area contributed by atoms with Gasteiger partial charge in [0.2, 0.25) is 5.91 Å². The van der Waals surface area contributed by atoms with Crippen LogP contribution in [0.2, 0.25) is 0 Å². The lowest BCUT2D eigenvalue weighted by Crippen LogP contribution is -2.29. The van der Waals surface area contributed by atoms with E-state index in [0.717, 1.165) is 4.68 Å². The summed E-state index contributed by atoms with van der Waals surface area (Å²) in [4.78, 5) is 11.0. The first-order valence-electron chi connectivity index (χ1n) is 6.30. The number of alkyl halides is 2. The van der Waals surface area contributed by atoms with Crippen LogP contribution >= 0.6 is 0 Å². The molecule has 0 aliphatic carbocycles. The molecule has 1 aromatic carbocycles. The Hall–Kier alpha value is -2.35. The zero-order chi connectivity index (χ0) is 15.3. The number of rotatable bonds is 6. The van der Waals surface area contributed by atoms with Gasteiger partial charge in [0.25, 0.3) is 5.92 Å². The minimum absolute atomic E-state index is 0.0847. The van der Waals surface area contributed by atoms with Crippen LogP contribution in [0.3, 0.4) is 0 Å². The predicted octanol–water partition coefficient (Wildman–Crippen LogP) is 0.645. The smallest absolute Gasteiger partial charge is 0.292 e. The summed E-state index contributed by atoms with van der Waals surface area (Å²) in [5, 5.41) is 9.85. The summed E-state index contributed by atoms with van der Waals surface area (Å²) in [5.41, 5.74) is 5.44. The first kappa shape index (κ1) is 15.0. The fourth-order valence-corrected chi connectivity index (χ4v) is 1.73. The number of hydrogen-bond acceptors (Lipinski definition) is 4. The summed E-state index contributed by atoms with van der Waals surface area (Å²) in [6, 6.07) is 7.50. The minimum Gasteiger partial charge on any atom is -0.349 e. The van der Waals surface area contributed by atoms with E-state index in [4.69, 9.17) is 5.73 Å². The molecule has 0 radical (unpaired) electrons. The van der Waals surface area contributed by atoms with Crippen LogP contribution in [-0.2, 0) is 23.8 Å². The SMILES string of the molecule is NCC(=O)NCc1cn(CC(F)(F)c2ccccc2)nn1. The molecule has 21 heavy (non-hydrogen) atoms. The lowest BCUT2D eigenvalue weighted by Gasteiger charge is -2.16. The van der Waals surface area contributed by atoms with Crippen LogP contribution in [0.5, 0.6) is 0 Å². The number of hydrogen-bond donors (Lipinski definition) is 2. The highest BCUT2D eigenvalue weighted by atomic mass is 19.3. The van der Waals surface area contributed by atoms with Gasteiger partial charge in [-0.05, 0) is 0 Å². The molecule has 2 aromatic rings. The molecule has 0 aliphatic heterocycles. The number of carbonyl (C=O) groups is 1. The van der Waals surface area contributed by atoms with Crippen LogP contribution in [0.25, 0.3) is 0 Å². The number of halogens is 2. The van der Waals surface area contributed by atoms with Crippen molar-refractivity contribution in [3.05, 3.63) is 47.8 Å². The molecule has 112 valence electrons. The zero-order valence-corrected chi connectivity index (χ0v) is 11.2. The Morgan fingerprint density at radius 3 is 2.71 bits per heavy atom. The quantitative estimate of drug-likeness (QED) is 0.819. The van der Waals surface area contributed by atoms with E-state index in [2.05, 4.69) is 15.6 Å². The van der Waals surface area contributed by atoms with Gasteiger partial charge in [0.05, 0.1) is 19.3 Å². The topological polar surface area (TPSA) is 85.8 Å². The number of nitrogens with zero attached hydrogens (tertiary/aromatic N) is 3. The van der Waals surface area contributed by atoms with Crippen LogP contribution in [0.1, 0.15) is 11.3 Å². The second kappa shape index (κ2) is 6.40. The van der Waals surface area contributed by atoms with Gasteiger partial charge in [-0.1, -0.05) is 35.5 Å². The molecule has 2 rings (SSSR count). The molecule has 1 heterocycles. The third-order valence-electron chi connectivity index (χ3n) is 2.79. The fraction of sp³-hybridized carbons (Fsp3) is 0.308. The van der Waals surface area contributed by atoms with E-state index in [1.807, 2.05) is 0 Å². The van der Waals surface area contributed by atoms with Gasteiger partial charge in [0, 0.05) is 5.56 Å². The van der Waals surface area contributed by atoms with Crippen LogP contribution in [0.15, 0.2) is 36.5 Å². The van der Waals surface area contributed by atoms with Gasteiger partial charge in [-0.3, -0.25) is 4.79 Å². The molecule has 8 heteroatoms. The van der Waals surface area contributed by atoms with Crippen molar-refractivity contribution in [1.82, 2.24) is 20.3 Å². The summed E-state index contributed by atoms with van der Waals surface area (Å²) in [7, 11) is 0. The molecular weight excluding hydrogens is 280 g/mol. The summed E-state index contributed by atoms with van der Waals surface area (Å²) < 4.78 is 29.1. The third-order valence-corrected chi connectivity index (χ3v) is 2.79. The van der Waals surface area contributed by atoms with E-state index in [1.54, 1.807) is 18.2 Å². The van der Waals surface area contributed by atoms with E-state index in [1.165, 1.54) is 18.3 Å². The Kier molecular flexibility index (Phi) is 4.59. The van der Waals surface area contributed by atoms with E-state index in [-0.39, 0.29) is 24.6 Å². The predicted molar refractivity (Wildman–Crippen MR) is 71.3 cm³/mol. The number of nitrogens with one attached hydrogen (secondary N) is 1. The standard InChI is InChI=1S/C13H15F2N5O/c14-13(15,10-4-2-1-3-5-10)9-20-8-11(18-19-20)7-17-12(21)6-16/h1-5,8H,6-7,9,16H2,(H,17,21). The Balaban J connectivity index is 2.00. The highest BCUT2D eigenvalue weighted by Gasteiger charge is 2.32. The van der Waals surface area contributed by atoms with E-state index >= 15 is 0 Å². The zero-order valence-electron chi connectivity index (χ0n) is 11.2. The number of carbonyl (C=O) groups excluding carboxylic acids is 1. The highest BCUT2D eigenvalue weighted by molar-refractivity contribution is 5.77. The van der Waals surface area contributed by atoms with Crippen molar-refractivity contribution in [3.8, 4) is 0 Å². The molecule has 0 fully saturated rings. The Morgan fingerprint density at radius 2 is 2.05 bits per heavy atom. The monoisotopic (exact) mass is 295 g/mol. The molecule has 0 aliphatic rings. The Morgan fingerprint density at radius 1 is 1.33 bits per heavy atom. The number of amides is 1. The van der Waals surface area contributed by atoms with E-state index in [9.17, 15) is 13.6 Å².